The van der Waals surface area contributed by atoms with E-state index in [4.69, 9.17) is 9.41 Å². The quantitative estimate of drug-likeness (QED) is 0.326. The van der Waals surface area contributed by atoms with Gasteiger partial charge in [-0.05, 0) is 39.0 Å². The molecular formula is C26H26BrNOSi. The van der Waals surface area contributed by atoms with Gasteiger partial charge in [-0.2, -0.15) is 0 Å². The molecule has 4 heteroatoms. The van der Waals surface area contributed by atoms with E-state index >= 15 is 0 Å². The molecule has 0 aliphatic carbocycles. The Morgan fingerprint density at radius 1 is 0.800 bits per heavy atom. The van der Waals surface area contributed by atoms with Gasteiger partial charge in [0.2, 0.25) is 0 Å². The van der Waals surface area contributed by atoms with Gasteiger partial charge >= 0.3 is 0 Å². The zero-order chi connectivity index (χ0) is 21.2. The van der Waals surface area contributed by atoms with Crippen LogP contribution in [0.3, 0.4) is 0 Å². The van der Waals surface area contributed by atoms with E-state index in [0.29, 0.717) is 6.61 Å². The van der Waals surface area contributed by atoms with Crippen LogP contribution in [0.5, 0.6) is 0 Å². The van der Waals surface area contributed by atoms with Gasteiger partial charge in [-0.15, -0.1) is 0 Å². The molecule has 0 bridgehead atoms. The minimum Gasteiger partial charge on any atom is -0.401 e. The first-order valence-corrected chi connectivity index (χ1v) is 12.9. The second-order valence-corrected chi connectivity index (χ2v) is 13.8. The summed E-state index contributed by atoms with van der Waals surface area (Å²) in [6.07, 6.45) is 1.93. The summed E-state index contributed by atoms with van der Waals surface area (Å²) in [7, 11) is -2.56. The monoisotopic (exact) mass is 475 g/mol. The lowest BCUT2D eigenvalue weighted by molar-refractivity contribution is 0.282. The van der Waals surface area contributed by atoms with Gasteiger partial charge in [-0.25, -0.2) is 0 Å². The van der Waals surface area contributed by atoms with Crippen LogP contribution in [-0.2, 0) is 11.0 Å². The number of rotatable bonds is 5. The van der Waals surface area contributed by atoms with Crippen LogP contribution >= 0.6 is 15.9 Å². The summed E-state index contributed by atoms with van der Waals surface area (Å²) < 4.78 is 8.06. The number of pyridine rings is 1. The predicted molar refractivity (Wildman–Crippen MR) is 132 cm³/mol. The molecule has 0 saturated heterocycles. The molecule has 1 heterocycles. The molecule has 152 valence electrons. The SMILES string of the molecule is CC(C)(C)[Si](OCc1cc2ccc(Br)cc2cn1)(c1ccccc1)c1ccccc1. The Balaban J connectivity index is 1.78. The third-order valence-corrected chi connectivity index (χ3v) is 11.1. The molecular weight excluding hydrogens is 450 g/mol. The predicted octanol–water partition coefficient (Wildman–Crippen LogP) is 6.07. The van der Waals surface area contributed by atoms with Crippen molar-refractivity contribution in [2.45, 2.75) is 32.4 Å². The minimum absolute atomic E-state index is 0.0442. The second-order valence-electron chi connectivity index (χ2n) is 8.62. The maximum absolute atomic E-state index is 6.99. The molecule has 4 rings (SSSR count). The van der Waals surface area contributed by atoms with Gasteiger partial charge < -0.3 is 4.43 Å². The van der Waals surface area contributed by atoms with Gasteiger partial charge in [0.1, 0.15) is 0 Å². The Labute approximate surface area is 188 Å². The van der Waals surface area contributed by atoms with E-state index in [2.05, 4.69) is 122 Å². The van der Waals surface area contributed by atoms with E-state index in [1.54, 1.807) is 0 Å². The van der Waals surface area contributed by atoms with Crippen molar-refractivity contribution >= 4 is 45.4 Å². The first-order chi connectivity index (χ1) is 14.4. The lowest BCUT2D eigenvalue weighted by Gasteiger charge is -2.43. The highest BCUT2D eigenvalue weighted by molar-refractivity contribution is 9.10. The number of hydrogen-bond donors (Lipinski definition) is 0. The van der Waals surface area contributed by atoms with E-state index in [-0.39, 0.29) is 5.04 Å². The number of nitrogens with zero attached hydrogens (tertiary/aromatic N) is 1. The highest BCUT2D eigenvalue weighted by atomic mass is 79.9. The molecule has 0 saturated carbocycles. The zero-order valence-electron chi connectivity index (χ0n) is 17.6. The highest BCUT2D eigenvalue weighted by Crippen LogP contribution is 2.37. The topological polar surface area (TPSA) is 22.1 Å². The molecule has 0 aliphatic rings. The van der Waals surface area contributed by atoms with Crippen LogP contribution in [0.2, 0.25) is 5.04 Å². The van der Waals surface area contributed by atoms with Crippen LogP contribution in [0.15, 0.2) is 95.6 Å². The average Bonchev–Trinajstić information content (AvgIpc) is 2.75. The van der Waals surface area contributed by atoms with E-state index in [9.17, 15) is 0 Å². The fourth-order valence-electron chi connectivity index (χ4n) is 4.18. The molecule has 4 aromatic rings. The lowest BCUT2D eigenvalue weighted by atomic mass is 10.1. The van der Waals surface area contributed by atoms with Crippen molar-refractivity contribution in [2.24, 2.45) is 0 Å². The van der Waals surface area contributed by atoms with Crippen molar-refractivity contribution in [1.82, 2.24) is 4.98 Å². The van der Waals surface area contributed by atoms with E-state index in [1.165, 1.54) is 15.8 Å². The summed E-state index contributed by atoms with van der Waals surface area (Å²) in [5.41, 5.74) is 0.956. The normalized spacial score (nSPS) is 12.3. The van der Waals surface area contributed by atoms with Crippen molar-refractivity contribution in [2.75, 3.05) is 0 Å². The van der Waals surface area contributed by atoms with Crippen molar-refractivity contribution in [1.29, 1.82) is 0 Å². The standard InChI is InChI=1S/C26H26BrNOSi/c1-26(2,3)30(24-10-6-4-7-11-24,25-12-8-5-9-13-25)29-19-23-17-20-14-15-22(27)16-21(20)18-28-23/h4-18H,19H2,1-3H3. The van der Waals surface area contributed by atoms with Gasteiger partial charge in [0, 0.05) is 16.1 Å². The van der Waals surface area contributed by atoms with Gasteiger partial charge in [-0.1, -0.05) is 103 Å². The van der Waals surface area contributed by atoms with Crippen LogP contribution in [0.1, 0.15) is 26.5 Å². The van der Waals surface area contributed by atoms with Crippen molar-refractivity contribution in [3.8, 4) is 0 Å². The summed E-state index contributed by atoms with van der Waals surface area (Å²) in [6.45, 7) is 7.37. The Hall–Kier alpha value is -2.27. The smallest absolute Gasteiger partial charge is 0.261 e. The van der Waals surface area contributed by atoms with Gasteiger partial charge in [0.25, 0.3) is 8.32 Å². The molecule has 0 radical (unpaired) electrons. The summed E-state index contributed by atoms with van der Waals surface area (Å²) in [6, 6.07) is 29.9. The molecule has 0 N–H and O–H groups in total. The number of hydrogen-bond acceptors (Lipinski definition) is 2. The van der Waals surface area contributed by atoms with Gasteiger partial charge in [0.05, 0.1) is 12.3 Å². The third-order valence-electron chi connectivity index (χ3n) is 5.59. The summed E-state index contributed by atoms with van der Waals surface area (Å²) >= 11 is 3.53. The lowest BCUT2D eigenvalue weighted by Crippen LogP contribution is -2.66. The first kappa shape index (κ1) is 21.0. The Kier molecular flexibility index (Phi) is 5.92. The molecule has 0 aliphatic heterocycles. The largest absolute Gasteiger partial charge is 0.401 e. The minimum atomic E-state index is -2.56. The third kappa shape index (κ3) is 4.00. The number of aromatic nitrogens is 1. The maximum atomic E-state index is 6.99. The molecule has 0 unspecified atom stereocenters. The molecule has 3 aromatic carbocycles. The molecule has 30 heavy (non-hydrogen) atoms. The van der Waals surface area contributed by atoms with E-state index < -0.39 is 8.32 Å². The van der Waals surface area contributed by atoms with Gasteiger partial charge in [0.15, 0.2) is 0 Å². The average molecular weight is 476 g/mol. The number of fused-ring (bicyclic) bond motifs is 1. The fraction of sp³-hybridized carbons (Fsp3) is 0.192. The van der Waals surface area contributed by atoms with Crippen LogP contribution in [0, 0.1) is 0 Å². The summed E-state index contributed by atoms with van der Waals surface area (Å²) in [5, 5.41) is 4.83. The Morgan fingerprint density at radius 2 is 1.40 bits per heavy atom. The Bertz CT molecular complexity index is 1100. The molecule has 0 fully saturated rings. The molecule has 0 atom stereocenters. The van der Waals surface area contributed by atoms with Crippen LogP contribution < -0.4 is 10.4 Å². The zero-order valence-corrected chi connectivity index (χ0v) is 20.2. The molecule has 0 spiro atoms. The highest BCUT2D eigenvalue weighted by Gasteiger charge is 2.50. The van der Waals surface area contributed by atoms with Crippen LogP contribution in [-0.4, -0.2) is 13.3 Å². The number of halogens is 1. The first-order valence-electron chi connectivity index (χ1n) is 10.2. The van der Waals surface area contributed by atoms with Crippen molar-refractivity contribution < 1.29 is 4.43 Å². The Morgan fingerprint density at radius 3 is 1.97 bits per heavy atom. The second kappa shape index (κ2) is 8.46. The summed E-state index contributed by atoms with van der Waals surface area (Å²) in [4.78, 5) is 4.70. The fourth-order valence-corrected chi connectivity index (χ4v) is 9.08. The van der Waals surface area contributed by atoms with Crippen LogP contribution in [0.4, 0.5) is 0 Å². The molecule has 2 nitrogen and oxygen atoms in total. The summed E-state index contributed by atoms with van der Waals surface area (Å²) in [5.74, 6) is 0. The van der Waals surface area contributed by atoms with Crippen molar-refractivity contribution in [3.05, 3.63) is 101 Å². The maximum Gasteiger partial charge on any atom is 0.261 e. The van der Waals surface area contributed by atoms with Crippen molar-refractivity contribution in [3.63, 3.8) is 0 Å². The van der Waals surface area contributed by atoms with E-state index in [0.717, 1.165) is 15.6 Å². The van der Waals surface area contributed by atoms with Crippen LogP contribution in [0.25, 0.3) is 10.8 Å². The number of benzene rings is 3. The van der Waals surface area contributed by atoms with Gasteiger partial charge in [-0.3, -0.25) is 4.98 Å². The molecule has 1 aromatic heterocycles. The van der Waals surface area contributed by atoms with E-state index in [1.807, 2.05) is 6.20 Å². The molecule has 0 amide bonds.